The lowest BCUT2D eigenvalue weighted by Gasteiger charge is -2.31. The van der Waals surface area contributed by atoms with Crippen molar-refractivity contribution in [3.63, 3.8) is 0 Å². The van der Waals surface area contributed by atoms with Gasteiger partial charge in [-0.1, -0.05) is 6.07 Å². The van der Waals surface area contributed by atoms with E-state index in [9.17, 15) is 9.18 Å². The molecule has 1 aliphatic rings. The molecule has 0 unspecified atom stereocenters. The highest BCUT2D eigenvalue weighted by Gasteiger charge is 2.28. The van der Waals surface area contributed by atoms with Gasteiger partial charge in [0.05, 0.1) is 6.61 Å². The second kappa shape index (κ2) is 6.04. The Balaban J connectivity index is 1.87. The number of hydrogen-bond acceptors (Lipinski definition) is 3. The number of likely N-dealkylation sites (tertiary alicyclic amines) is 1. The summed E-state index contributed by atoms with van der Waals surface area (Å²) in [6.45, 7) is 3.74. The first kappa shape index (κ1) is 15.0. The number of halogens is 1. The number of hydrogen-bond donors (Lipinski definition) is 0. The molecule has 22 heavy (non-hydrogen) atoms. The van der Waals surface area contributed by atoms with E-state index < -0.39 is 5.95 Å². The monoisotopic (exact) mass is 305 g/mol. The third kappa shape index (κ3) is 2.70. The lowest BCUT2D eigenvalue weighted by Crippen LogP contribution is -2.41. The SMILES string of the molecule is COC[C@@H]1CCCN(C(=O)c2nc3ccc(C)cn3c2F)C1. The molecule has 5 nitrogen and oxygen atoms in total. The molecule has 0 saturated carbocycles. The first-order valence-corrected chi connectivity index (χ1v) is 7.52. The minimum absolute atomic E-state index is 0.0938. The van der Waals surface area contributed by atoms with Crippen LogP contribution in [0.25, 0.3) is 5.65 Å². The van der Waals surface area contributed by atoms with Crippen molar-refractivity contribution in [2.45, 2.75) is 19.8 Å². The molecule has 0 aliphatic carbocycles. The van der Waals surface area contributed by atoms with Gasteiger partial charge >= 0.3 is 0 Å². The van der Waals surface area contributed by atoms with Crippen molar-refractivity contribution >= 4 is 11.6 Å². The Labute approximate surface area is 128 Å². The molecule has 2 aromatic heterocycles. The molecule has 1 atom stereocenters. The first-order chi connectivity index (χ1) is 10.6. The highest BCUT2D eigenvalue weighted by atomic mass is 19.1. The number of methoxy groups -OCH3 is 1. The number of fused-ring (bicyclic) bond motifs is 1. The maximum atomic E-state index is 14.5. The van der Waals surface area contributed by atoms with Gasteiger partial charge in [0, 0.05) is 26.4 Å². The van der Waals surface area contributed by atoms with Crippen molar-refractivity contribution in [1.82, 2.24) is 14.3 Å². The molecule has 0 aromatic carbocycles. The molecule has 1 saturated heterocycles. The van der Waals surface area contributed by atoms with E-state index >= 15 is 0 Å². The number of piperidine rings is 1. The predicted molar refractivity (Wildman–Crippen MR) is 80.4 cm³/mol. The molecule has 1 fully saturated rings. The van der Waals surface area contributed by atoms with E-state index in [1.54, 1.807) is 24.3 Å². The summed E-state index contributed by atoms with van der Waals surface area (Å²) in [5, 5.41) is 0. The Morgan fingerprint density at radius 1 is 1.50 bits per heavy atom. The number of carbonyl (C=O) groups excluding carboxylic acids is 1. The standard InChI is InChI=1S/C16H20FN3O2/c1-11-5-6-13-18-14(15(17)20(13)8-11)16(21)19-7-3-4-12(9-19)10-22-2/h5-6,8,12H,3-4,7,9-10H2,1-2H3/t12-/m1/s1. The zero-order chi connectivity index (χ0) is 15.7. The molecule has 118 valence electrons. The number of imidazole rings is 1. The van der Waals surface area contributed by atoms with Gasteiger partial charge in [0.1, 0.15) is 5.65 Å². The maximum absolute atomic E-state index is 14.5. The Morgan fingerprint density at radius 2 is 2.32 bits per heavy atom. The minimum atomic E-state index is -0.586. The third-order valence-electron chi connectivity index (χ3n) is 4.12. The van der Waals surface area contributed by atoms with Crippen LogP contribution in [0.15, 0.2) is 18.3 Å². The van der Waals surface area contributed by atoms with E-state index in [0.29, 0.717) is 31.3 Å². The van der Waals surface area contributed by atoms with E-state index in [4.69, 9.17) is 4.74 Å². The number of aryl methyl sites for hydroxylation is 1. The quantitative estimate of drug-likeness (QED) is 0.874. The van der Waals surface area contributed by atoms with E-state index in [2.05, 4.69) is 4.98 Å². The van der Waals surface area contributed by atoms with Gasteiger partial charge in [0.2, 0.25) is 5.95 Å². The smallest absolute Gasteiger partial charge is 0.277 e. The molecule has 3 rings (SSSR count). The third-order valence-corrected chi connectivity index (χ3v) is 4.12. The fourth-order valence-electron chi connectivity index (χ4n) is 3.03. The first-order valence-electron chi connectivity index (χ1n) is 7.52. The number of nitrogens with zero attached hydrogens (tertiary/aromatic N) is 3. The Hall–Kier alpha value is -1.95. The summed E-state index contributed by atoms with van der Waals surface area (Å²) in [6, 6.07) is 3.57. The average molecular weight is 305 g/mol. The highest BCUT2D eigenvalue weighted by molar-refractivity contribution is 5.93. The van der Waals surface area contributed by atoms with Crippen molar-refractivity contribution in [2.75, 3.05) is 26.8 Å². The normalized spacial score (nSPS) is 18.9. The fraction of sp³-hybridized carbons (Fsp3) is 0.500. The molecule has 0 N–H and O–H groups in total. The van der Waals surface area contributed by atoms with Gasteiger partial charge in [-0.25, -0.2) is 4.98 Å². The zero-order valence-electron chi connectivity index (χ0n) is 12.9. The molecular formula is C16H20FN3O2. The predicted octanol–water partition coefficient (Wildman–Crippen LogP) is 2.28. The summed E-state index contributed by atoms with van der Waals surface area (Å²) < 4.78 is 21.0. The Bertz CT molecular complexity index is 696. The maximum Gasteiger partial charge on any atom is 0.277 e. The van der Waals surface area contributed by atoms with Crippen LogP contribution in [0.1, 0.15) is 28.9 Å². The molecular weight excluding hydrogens is 285 g/mol. The van der Waals surface area contributed by atoms with Crippen LogP contribution in [0.5, 0.6) is 0 Å². The van der Waals surface area contributed by atoms with E-state index in [0.717, 1.165) is 18.4 Å². The number of ether oxygens (including phenoxy) is 1. The molecule has 6 heteroatoms. The molecule has 3 heterocycles. The minimum Gasteiger partial charge on any atom is -0.384 e. The second-order valence-corrected chi connectivity index (χ2v) is 5.90. The lowest BCUT2D eigenvalue weighted by atomic mass is 9.99. The summed E-state index contributed by atoms with van der Waals surface area (Å²) in [6.07, 6.45) is 3.59. The molecule has 2 aromatic rings. The van der Waals surface area contributed by atoms with Crippen LogP contribution in [0.3, 0.4) is 0 Å². The van der Waals surface area contributed by atoms with Crippen LogP contribution in [-0.4, -0.2) is 47.0 Å². The van der Waals surface area contributed by atoms with Crippen LogP contribution in [0.4, 0.5) is 4.39 Å². The van der Waals surface area contributed by atoms with Crippen LogP contribution in [0.2, 0.25) is 0 Å². The average Bonchev–Trinajstić information content (AvgIpc) is 2.84. The van der Waals surface area contributed by atoms with E-state index in [1.807, 2.05) is 13.0 Å². The van der Waals surface area contributed by atoms with Gasteiger partial charge in [-0.2, -0.15) is 4.39 Å². The Morgan fingerprint density at radius 3 is 3.09 bits per heavy atom. The number of carbonyl (C=O) groups is 1. The molecule has 1 amide bonds. The van der Waals surface area contributed by atoms with Gasteiger partial charge in [-0.15, -0.1) is 0 Å². The van der Waals surface area contributed by atoms with E-state index in [-0.39, 0.29) is 11.6 Å². The fourth-order valence-corrected chi connectivity index (χ4v) is 3.03. The van der Waals surface area contributed by atoms with Crippen LogP contribution in [-0.2, 0) is 4.74 Å². The van der Waals surface area contributed by atoms with Crippen LogP contribution < -0.4 is 0 Å². The van der Waals surface area contributed by atoms with Crippen molar-refractivity contribution in [3.8, 4) is 0 Å². The van der Waals surface area contributed by atoms with Crippen molar-refractivity contribution in [1.29, 1.82) is 0 Å². The number of pyridine rings is 1. The number of aromatic nitrogens is 2. The summed E-state index contributed by atoms with van der Waals surface area (Å²) in [5.74, 6) is -0.609. The van der Waals surface area contributed by atoms with Crippen molar-refractivity contribution < 1.29 is 13.9 Å². The largest absolute Gasteiger partial charge is 0.384 e. The van der Waals surface area contributed by atoms with E-state index in [1.165, 1.54) is 4.40 Å². The van der Waals surface area contributed by atoms with Crippen LogP contribution >= 0.6 is 0 Å². The highest BCUT2D eigenvalue weighted by Crippen LogP contribution is 2.20. The molecule has 1 aliphatic heterocycles. The molecule has 0 bridgehead atoms. The lowest BCUT2D eigenvalue weighted by molar-refractivity contribution is 0.0561. The number of rotatable bonds is 3. The zero-order valence-corrected chi connectivity index (χ0v) is 12.9. The van der Waals surface area contributed by atoms with Gasteiger partial charge in [0.15, 0.2) is 5.69 Å². The van der Waals surface area contributed by atoms with Crippen molar-refractivity contribution in [3.05, 3.63) is 35.5 Å². The van der Waals surface area contributed by atoms with Gasteiger partial charge in [-0.05, 0) is 37.3 Å². The summed E-state index contributed by atoms with van der Waals surface area (Å²) >= 11 is 0. The van der Waals surface area contributed by atoms with Crippen LogP contribution in [0, 0.1) is 18.8 Å². The van der Waals surface area contributed by atoms with Gasteiger partial charge in [-0.3, -0.25) is 9.20 Å². The molecule has 0 radical (unpaired) electrons. The summed E-state index contributed by atoms with van der Waals surface area (Å²) in [5.41, 5.74) is 1.28. The van der Waals surface area contributed by atoms with Gasteiger partial charge < -0.3 is 9.64 Å². The second-order valence-electron chi connectivity index (χ2n) is 5.90. The topological polar surface area (TPSA) is 46.8 Å². The van der Waals surface area contributed by atoms with Crippen molar-refractivity contribution in [2.24, 2.45) is 5.92 Å². The number of amides is 1. The Kier molecular flexibility index (Phi) is 4.11. The summed E-state index contributed by atoms with van der Waals surface area (Å²) in [4.78, 5) is 18.4. The van der Waals surface area contributed by atoms with Gasteiger partial charge in [0.25, 0.3) is 5.91 Å². The summed E-state index contributed by atoms with van der Waals surface area (Å²) in [7, 11) is 1.66. The molecule has 0 spiro atoms.